The van der Waals surface area contributed by atoms with Gasteiger partial charge in [0.1, 0.15) is 0 Å². The summed E-state index contributed by atoms with van der Waals surface area (Å²) in [5, 5.41) is 23.5. The Hall–Kier alpha value is -3.31. The standard InChI is InChI=1S/C28H37N3O3.C2HF3O2/c1-28(32)12-10-20(11-13-28)29-27-21-8-3-4-9-23(21)30-24-19-26(25(33-2)18-22(24)27)34-17-7-16-31-14-5-6-15-31;3-2(4,5)1(6)7/h3-4,8-9,18-20,32H,5-7,10-17H2,1-2H3,(H,29,30);(H,6,7). The fourth-order valence-corrected chi connectivity index (χ4v) is 5.39. The van der Waals surface area contributed by atoms with Crippen LogP contribution in [-0.4, -0.2) is 77.2 Å². The normalized spacial score (nSPS) is 21.4. The first-order valence-corrected chi connectivity index (χ1v) is 14.0. The van der Waals surface area contributed by atoms with Gasteiger partial charge in [0, 0.05) is 29.4 Å². The van der Waals surface area contributed by atoms with E-state index in [4.69, 9.17) is 24.4 Å². The van der Waals surface area contributed by atoms with E-state index in [2.05, 4.69) is 34.5 Å². The van der Waals surface area contributed by atoms with Gasteiger partial charge in [0.25, 0.3) is 0 Å². The maximum absolute atomic E-state index is 10.6. The quantitative estimate of drug-likeness (QED) is 0.221. The molecule has 0 atom stereocenters. The number of halogens is 3. The monoisotopic (exact) mass is 577 g/mol. The molecule has 1 aromatic heterocycles. The molecule has 1 saturated heterocycles. The van der Waals surface area contributed by atoms with Crippen molar-refractivity contribution in [3.8, 4) is 11.5 Å². The molecular weight excluding hydrogens is 539 g/mol. The largest absolute Gasteiger partial charge is 0.493 e. The highest BCUT2D eigenvalue weighted by Crippen LogP contribution is 2.40. The Morgan fingerprint density at radius 2 is 1.76 bits per heavy atom. The summed E-state index contributed by atoms with van der Waals surface area (Å²) < 4.78 is 43.7. The van der Waals surface area contributed by atoms with Crippen molar-refractivity contribution in [2.45, 2.75) is 69.7 Å². The van der Waals surface area contributed by atoms with Gasteiger partial charge >= 0.3 is 12.1 Å². The van der Waals surface area contributed by atoms with Crippen LogP contribution in [0.3, 0.4) is 0 Å². The number of ether oxygens (including phenoxy) is 2. The minimum atomic E-state index is -5.08. The summed E-state index contributed by atoms with van der Waals surface area (Å²) in [7, 11) is 1.70. The van der Waals surface area contributed by atoms with Crippen molar-refractivity contribution < 1.29 is 37.7 Å². The molecule has 2 aliphatic rings. The van der Waals surface area contributed by atoms with Gasteiger partial charge in [0.15, 0.2) is 11.5 Å². The Morgan fingerprint density at radius 3 is 2.39 bits per heavy atom. The van der Waals surface area contributed by atoms with Crippen LogP contribution >= 0.6 is 0 Å². The summed E-state index contributed by atoms with van der Waals surface area (Å²) in [6, 6.07) is 12.7. The van der Waals surface area contributed by atoms with Crippen LogP contribution in [-0.2, 0) is 4.79 Å². The fraction of sp³-hybridized carbons (Fsp3) is 0.533. The number of carbonyl (C=O) groups is 1. The number of likely N-dealkylation sites (tertiary alicyclic amines) is 1. The highest BCUT2D eigenvalue weighted by atomic mass is 19.4. The Morgan fingerprint density at radius 1 is 1.10 bits per heavy atom. The van der Waals surface area contributed by atoms with Gasteiger partial charge in [0.05, 0.1) is 36.0 Å². The second-order valence-electron chi connectivity index (χ2n) is 11.0. The van der Waals surface area contributed by atoms with Crippen LogP contribution in [0.4, 0.5) is 18.9 Å². The van der Waals surface area contributed by atoms with Gasteiger partial charge in [-0.2, -0.15) is 13.2 Å². The van der Waals surface area contributed by atoms with Gasteiger partial charge in [0.2, 0.25) is 0 Å². The molecule has 2 fully saturated rings. The van der Waals surface area contributed by atoms with Crippen LogP contribution in [0.25, 0.3) is 21.8 Å². The van der Waals surface area contributed by atoms with E-state index in [1.54, 1.807) is 7.11 Å². The third-order valence-corrected chi connectivity index (χ3v) is 7.69. The number of aromatic nitrogens is 1. The SMILES string of the molecule is COc1cc2c(NC3CCC(C)(O)CC3)c3ccccc3nc2cc1OCCCN1CCCC1.O=C(O)C(F)(F)F. The molecule has 0 amide bonds. The zero-order valence-electron chi connectivity index (χ0n) is 23.5. The summed E-state index contributed by atoms with van der Waals surface area (Å²) in [5.41, 5.74) is 2.40. The number of methoxy groups -OCH3 is 1. The number of fused-ring (bicyclic) bond motifs is 2. The number of para-hydroxylation sites is 1. The van der Waals surface area contributed by atoms with Crippen molar-refractivity contribution in [3.63, 3.8) is 0 Å². The van der Waals surface area contributed by atoms with E-state index in [1.807, 2.05) is 19.1 Å². The molecule has 0 spiro atoms. The second kappa shape index (κ2) is 13.1. The first kappa shape index (κ1) is 30.6. The highest BCUT2D eigenvalue weighted by molar-refractivity contribution is 6.08. The van der Waals surface area contributed by atoms with Crippen molar-refractivity contribution >= 4 is 33.5 Å². The molecule has 41 heavy (non-hydrogen) atoms. The molecule has 1 aliphatic carbocycles. The average Bonchev–Trinajstić information content (AvgIpc) is 3.45. The molecule has 2 aromatic carbocycles. The summed E-state index contributed by atoms with van der Waals surface area (Å²) in [6.45, 7) is 6.12. The third-order valence-electron chi connectivity index (χ3n) is 7.69. The minimum Gasteiger partial charge on any atom is -0.493 e. The Balaban J connectivity index is 0.000000493. The maximum atomic E-state index is 10.6. The zero-order chi connectivity index (χ0) is 29.6. The lowest BCUT2D eigenvalue weighted by Crippen LogP contribution is -2.35. The smallest absolute Gasteiger partial charge is 0.490 e. The molecular formula is C30H38F3N3O5. The number of hydrogen-bond donors (Lipinski definition) is 3. The number of hydrogen-bond acceptors (Lipinski definition) is 7. The van der Waals surface area contributed by atoms with Gasteiger partial charge in [-0.3, -0.25) is 0 Å². The number of rotatable bonds is 8. The number of alkyl halides is 3. The molecule has 3 N–H and O–H groups in total. The third kappa shape index (κ3) is 8.13. The van der Waals surface area contributed by atoms with E-state index >= 15 is 0 Å². The van der Waals surface area contributed by atoms with E-state index in [0.717, 1.165) is 77.6 Å². The zero-order valence-corrected chi connectivity index (χ0v) is 23.5. The lowest BCUT2D eigenvalue weighted by molar-refractivity contribution is -0.192. The van der Waals surface area contributed by atoms with Crippen LogP contribution in [0.15, 0.2) is 36.4 Å². The molecule has 8 nitrogen and oxygen atoms in total. The van der Waals surface area contributed by atoms with E-state index in [-0.39, 0.29) is 0 Å². The molecule has 224 valence electrons. The van der Waals surface area contributed by atoms with Crippen LogP contribution < -0.4 is 14.8 Å². The molecule has 0 bridgehead atoms. The van der Waals surface area contributed by atoms with Crippen molar-refractivity contribution in [2.75, 3.05) is 38.7 Å². The first-order chi connectivity index (χ1) is 19.5. The summed E-state index contributed by atoms with van der Waals surface area (Å²) in [5.74, 6) is -1.27. The van der Waals surface area contributed by atoms with E-state index in [9.17, 15) is 18.3 Å². The molecule has 2 heterocycles. The molecule has 0 unspecified atom stereocenters. The van der Waals surface area contributed by atoms with Crippen molar-refractivity contribution in [1.29, 1.82) is 0 Å². The second-order valence-corrected chi connectivity index (χ2v) is 11.0. The molecule has 1 aliphatic heterocycles. The van der Waals surface area contributed by atoms with E-state index < -0.39 is 17.7 Å². The lowest BCUT2D eigenvalue weighted by Gasteiger charge is -2.34. The fourth-order valence-electron chi connectivity index (χ4n) is 5.39. The van der Waals surface area contributed by atoms with Gasteiger partial charge in [-0.1, -0.05) is 18.2 Å². The number of carboxylic acids is 1. The van der Waals surface area contributed by atoms with E-state index in [1.165, 1.54) is 25.9 Å². The predicted octanol–water partition coefficient (Wildman–Crippen LogP) is 6.00. The van der Waals surface area contributed by atoms with Crippen LogP contribution in [0, 0.1) is 0 Å². The van der Waals surface area contributed by atoms with Gasteiger partial charge in [-0.05, 0) is 77.1 Å². The van der Waals surface area contributed by atoms with E-state index in [0.29, 0.717) is 12.6 Å². The number of aliphatic hydroxyl groups is 1. The first-order valence-electron chi connectivity index (χ1n) is 14.0. The molecule has 11 heteroatoms. The summed E-state index contributed by atoms with van der Waals surface area (Å²) in [6.07, 6.45) is 2.06. The molecule has 0 radical (unpaired) electrons. The van der Waals surface area contributed by atoms with Crippen LogP contribution in [0.1, 0.15) is 51.9 Å². The molecule has 1 saturated carbocycles. The van der Waals surface area contributed by atoms with Crippen molar-refractivity contribution in [1.82, 2.24) is 9.88 Å². The summed E-state index contributed by atoms with van der Waals surface area (Å²) >= 11 is 0. The van der Waals surface area contributed by atoms with Crippen molar-refractivity contribution in [2.24, 2.45) is 0 Å². The maximum Gasteiger partial charge on any atom is 0.490 e. The number of nitrogens with zero attached hydrogens (tertiary/aromatic N) is 2. The van der Waals surface area contributed by atoms with Gasteiger partial charge in [-0.25, -0.2) is 9.78 Å². The topological polar surface area (TPSA) is 104 Å². The minimum absolute atomic E-state index is 0.321. The summed E-state index contributed by atoms with van der Waals surface area (Å²) in [4.78, 5) is 16.4. The Labute approximate surface area is 237 Å². The predicted molar refractivity (Wildman–Crippen MR) is 152 cm³/mol. The lowest BCUT2D eigenvalue weighted by atomic mass is 9.83. The number of pyridine rings is 1. The van der Waals surface area contributed by atoms with Gasteiger partial charge in [-0.15, -0.1) is 0 Å². The van der Waals surface area contributed by atoms with Crippen LogP contribution in [0.2, 0.25) is 0 Å². The molecule has 5 rings (SSSR count). The Bertz CT molecular complexity index is 1330. The highest BCUT2D eigenvalue weighted by Gasteiger charge is 2.38. The van der Waals surface area contributed by atoms with Crippen molar-refractivity contribution in [3.05, 3.63) is 36.4 Å². The number of nitrogens with one attached hydrogen (secondary N) is 1. The molecule has 3 aromatic rings. The Kier molecular flexibility index (Phi) is 9.80. The number of benzene rings is 2. The van der Waals surface area contributed by atoms with Gasteiger partial charge < -0.3 is 29.9 Å². The average molecular weight is 578 g/mol. The van der Waals surface area contributed by atoms with Crippen LogP contribution in [0.5, 0.6) is 11.5 Å². The number of anilines is 1. The number of carboxylic acid groups (broad SMARTS) is 1. The number of aliphatic carboxylic acids is 1.